The molecular weight excluding hydrogens is 156 g/mol. The van der Waals surface area contributed by atoms with Gasteiger partial charge in [0.15, 0.2) is 0 Å². The summed E-state index contributed by atoms with van der Waals surface area (Å²) in [4.78, 5) is 21.8. The fourth-order valence-electron chi connectivity index (χ4n) is 1.90. The summed E-state index contributed by atoms with van der Waals surface area (Å²) in [5.41, 5.74) is 9.66. The number of hydrogen-bond donors (Lipinski definition) is 2. The lowest BCUT2D eigenvalue weighted by atomic mass is 9.82. The van der Waals surface area contributed by atoms with Crippen molar-refractivity contribution in [3.63, 3.8) is 0 Å². The average Bonchev–Trinajstić information content (AvgIpc) is 2.35. The van der Waals surface area contributed by atoms with E-state index < -0.39 is 11.3 Å². The maximum atomic E-state index is 11.1. The van der Waals surface area contributed by atoms with Gasteiger partial charge in [0.1, 0.15) is 0 Å². The van der Waals surface area contributed by atoms with Crippen LogP contribution in [-0.2, 0) is 9.59 Å². The molecule has 1 aliphatic rings. The predicted molar refractivity (Wildman–Crippen MR) is 43.9 cm³/mol. The number of carbonyl (C=O) groups excluding carboxylic acids is 2. The summed E-state index contributed by atoms with van der Waals surface area (Å²) in [6.45, 7) is 0. The number of amides is 2. The number of carbonyl (C=O) groups is 2. The molecule has 1 aliphatic carbocycles. The van der Waals surface area contributed by atoms with Crippen LogP contribution in [0.3, 0.4) is 0 Å². The van der Waals surface area contributed by atoms with Crippen molar-refractivity contribution in [2.24, 2.45) is 16.9 Å². The summed E-state index contributed by atoms with van der Waals surface area (Å²) >= 11 is 0. The van der Waals surface area contributed by atoms with E-state index in [1.165, 1.54) is 0 Å². The van der Waals surface area contributed by atoms with Gasteiger partial charge >= 0.3 is 0 Å². The summed E-state index contributed by atoms with van der Waals surface area (Å²) in [5, 5.41) is 0. The molecule has 0 bridgehead atoms. The molecule has 68 valence electrons. The number of primary amides is 2. The Morgan fingerprint density at radius 3 is 2.00 bits per heavy atom. The molecule has 0 radical (unpaired) electrons. The van der Waals surface area contributed by atoms with Crippen molar-refractivity contribution < 1.29 is 9.59 Å². The van der Waals surface area contributed by atoms with Gasteiger partial charge in [-0.1, -0.05) is 12.8 Å². The summed E-state index contributed by atoms with van der Waals surface area (Å²) in [6.07, 6.45) is 3.48. The molecule has 0 aliphatic heterocycles. The average molecular weight is 170 g/mol. The lowest BCUT2D eigenvalue weighted by Gasteiger charge is -2.22. The normalized spacial score (nSPS) is 20.7. The Morgan fingerprint density at radius 1 is 1.17 bits per heavy atom. The van der Waals surface area contributed by atoms with E-state index in [-0.39, 0.29) is 12.3 Å². The molecule has 1 rings (SSSR count). The van der Waals surface area contributed by atoms with Crippen molar-refractivity contribution in [3.05, 3.63) is 0 Å². The molecule has 12 heavy (non-hydrogen) atoms. The summed E-state index contributed by atoms with van der Waals surface area (Å²) in [6, 6.07) is 0. The van der Waals surface area contributed by atoms with E-state index in [0.717, 1.165) is 12.8 Å². The van der Waals surface area contributed by atoms with E-state index in [2.05, 4.69) is 0 Å². The molecule has 0 aromatic carbocycles. The molecule has 4 heteroatoms. The molecule has 0 aromatic rings. The van der Waals surface area contributed by atoms with E-state index >= 15 is 0 Å². The van der Waals surface area contributed by atoms with Crippen LogP contribution in [0.2, 0.25) is 0 Å². The van der Waals surface area contributed by atoms with E-state index in [9.17, 15) is 9.59 Å². The number of rotatable bonds is 3. The van der Waals surface area contributed by atoms with Gasteiger partial charge in [0.05, 0.1) is 5.41 Å². The van der Waals surface area contributed by atoms with Crippen LogP contribution in [0.15, 0.2) is 0 Å². The Balaban J connectivity index is 2.72. The Kier molecular flexibility index (Phi) is 2.35. The van der Waals surface area contributed by atoms with Gasteiger partial charge in [-0.3, -0.25) is 9.59 Å². The third-order valence-corrected chi connectivity index (χ3v) is 2.60. The molecule has 1 fully saturated rings. The van der Waals surface area contributed by atoms with Crippen LogP contribution in [0, 0.1) is 5.41 Å². The number of nitrogens with two attached hydrogens (primary N) is 2. The maximum Gasteiger partial charge on any atom is 0.224 e. The van der Waals surface area contributed by atoms with Crippen molar-refractivity contribution in [2.75, 3.05) is 0 Å². The molecule has 0 unspecified atom stereocenters. The van der Waals surface area contributed by atoms with Crippen LogP contribution in [0.1, 0.15) is 32.1 Å². The molecule has 4 nitrogen and oxygen atoms in total. The summed E-state index contributed by atoms with van der Waals surface area (Å²) in [7, 11) is 0. The molecule has 1 saturated carbocycles. The fourth-order valence-corrected chi connectivity index (χ4v) is 1.90. The highest BCUT2D eigenvalue weighted by molar-refractivity contribution is 5.87. The molecule has 0 heterocycles. The van der Waals surface area contributed by atoms with E-state index in [0.29, 0.717) is 12.8 Å². The van der Waals surface area contributed by atoms with Crippen LogP contribution in [0.5, 0.6) is 0 Å². The minimum Gasteiger partial charge on any atom is -0.370 e. The first-order chi connectivity index (χ1) is 5.57. The fraction of sp³-hybridized carbons (Fsp3) is 0.750. The molecule has 0 spiro atoms. The first-order valence-electron chi connectivity index (χ1n) is 4.15. The van der Waals surface area contributed by atoms with Crippen molar-refractivity contribution in [2.45, 2.75) is 32.1 Å². The van der Waals surface area contributed by atoms with Crippen LogP contribution < -0.4 is 11.5 Å². The topological polar surface area (TPSA) is 86.2 Å². The van der Waals surface area contributed by atoms with Crippen molar-refractivity contribution in [3.8, 4) is 0 Å². The lowest BCUT2D eigenvalue weighted by Crippen LogP contribution is -2.38. The summed E-state index contributed by atoms with van der Waals surface area (Å²) < 4.78 is 0. The second kappa shape index (κ2) is 3.13. The largest absolute Gasteiger partial charge is 0.370 e. The van der Waals surface area contributed by atoms with E-state index in [1.54, 1.807) is 0 Å². The Bertz CT molecular complexity index is 207. The molecule has 0 saturated heterocycles. The zero-order chi connectivity index (χ0) is 9.19. The minimum absolute atomic E-state index is 0.113. The quantitative estimate of drug-likeness (QED) is 0.620. The zero-order valence-electron chi connectivity index (χ0n) is 7.01. The van der Waals surface area contributed by atoms with E-state index in [1.807, 2.05) is 0 Å². The molecular formula is C8H14N2O2. The predicted octanol–water partition coefficient (Wildman–Crippen LogP) is -0.0925. The third-order valence-electron chi connectivity index (χ3n) is 2.60. The van der Waals surface area contributed by atoms with Gasteiger partial charge in [-0.2, -0.15) is 0 Å². The lowest BCUT2D eigenvalue weighted by molar-refractivity contribution is -0.132. The summed E-state index contributed by atoms with van der Waals surface area (Å²) in [5.74, 6) is -0.811. The zero-order valence-corrected chi connectivity index (χ0v) is 7.01. The Morgan fingerprint density at radius 2 is 1.67 bits per heavy atom. The first-order valence-corrected chi connectivity index (χ1v) is 4.15. The van der Waals surface area contributed by atoms with Crippen molar-refractivity contribution in [1.82, 2.24) is 0 Å². The second-order valence-corrected chi connectivity index (χ2v) is 3.49. The Hall–Kier alpha value is -1.06. The van der Waals surface area contributed by atoms with Crippen LogP contribution in [0.4, 0.5) is 0 Å². The molecule has 2 amide bonds. The standard InChI is InChI=1S/C8H14N2O2/c9-6(11)5-8(7(10)12)3-1-2-4-8/h1-5H2,(H2,9,11)(H2,10,12). The monoisotopic (exact) mass is 170 g/mol. The van der Waals surface area contributed by atoms with Crippen molar-refractivity contribution >= 4 is 11.8 Å². The third kappa shape index (κ3) is 1.57. The van der Waals surface area contributed by atoms with Gasteiger partial charge in [-0.05, 0) is 12.8 Å². The minimum atomic E-state index is -0.619. The smallest absolute Gasteiger partial charge is 0.224 e. The van der Waals surface area contributed by atoms with E-state index in [4.69, 9.17) is 11.5 Å². The maximum absolute atomic E-state index is 11.1. The van der Waals surface area contributed by atoms with Gasteiger partial charge < -0.3 is 11.5 Å². The molecule has 0 atom stereocenters. The van der Waals surface area contributed by atoms with Crippen molar-refractivity contribution in [1.29, 1.82) is 0 Å². The van der Waals surface area contributed by atoms with Gasteiger partial charge in [0, 0.05) is 6.42 Å². The SMILES string of the molecule is NC(=O)CC1(C(N)=O)CCCC1. The first kappa shape index (κ1) is 9.03. The van der Waals surface area contributed by atoms with Gasteiger partial charge in [-0.25, -0.2) is 0 Å². The van der Waals surface area contributed by atoms with Gasteiger partial charge in [0.25, 0.3) is 0 Å². The molecule has 4 N–H and O–H groups in total. The van der Waals surface area contributed by atoms with Crippen LogP contribution in [-0.4, -0.2) is 11.8 Å². The van der Waals surface area contributed by atoms with Crippen LogP contribution in [0.25, 0.3) is 0 Å². The Labute approximate surface area is 71.3 Å². The van der Waals surface area contributed by atoms with Gasteiger partial charge in [0.2, 0.25) is 11.8 Å². The van der Waals surface area contributed by atoms with Crippen LogP contribution >= 0.6 is 0 Å². The number of hydrogen-bond acceptors (Lipinski definition) is 2. The molecule has 0 aromatic heterocycles. The highest BCUT2D eigenvalue weighted by atomic mass is 16.2. The second-order valence-electron chi connectivity index (χ2n) is 3.49. The van der Waals surface area contributed by atoms with Gasteiger partial charge in [-0.15, -0.1) is 0 Å². The highest BCUT2D eigenvalue weighted by Crippen LogP contribution is 2.40. The highest BCUT2D eigenvalue weighted by Gasteiger charge is 2.40.